The number of halogens is 2. The monoisotopic (exact) mass is 225 g/mol. The average molecular weight is 225 g/mol. The van der Waals surface area contributed by atoms with Crippen LogP contribution in [-0.4, -0.2) is 46.1 Å². The Hall–Kier alpha value is -1.44. The summed E-state index contributed by atoms with van der Waals surface area (Å²) in [6, 6.07) is 0. The Balaban J connectivity index is 2.98. The van der Waals surface area contributed by atoms with Crippen molar-refractivity contribution in [2.24, 2.45) is 0 Å². The van der Waals surface area contributed by atoms with Gasteiger partial charge < -0.3 is 10.2 Å². The van der Waals surface area contributed by atoms with Crippen molar-refractivity contribution in [3.63, 3.8) is 0 Å². The van der Waals surface area contributed by atoms with E-state index in [1.807, 2.05) is 0 Å². The maximum absolute atomic E-state index is 12.0. The molecule has 0 aromatic rings. The van der Waals surface area contributed by atoms with E-state index < -0.39 is 24.4 Å². The number of likely N-dealkylation sites (tertiary alicyclic amines) is 1. The van der Waals surface area contributed by atoms with Crippen molar-refractivity contribution in [1.82, 2.24) is 4.90 Å². The fraction of sp³-hybridized carbons (Fsp3) is 0.714. The Labute approximate surface area is 83.0 Å². The van der Waals surface area contributed by atoms with Gasteiger partial charge in [0, 0.05) is 13.0 Å². The van der Waals surface area contributed by atoms with Gasteiger partial charge in [-0.15, -0.1) is 0 Å². The molecular formula is C7H9F2NO5. The second-order valence-electron chi connectivity index (χ2n) is 3.01. The fourth-order valence-corrected chi connectivity index (χ4v) is 1.59. The SMILES string of the molecule is O=C(O)N1CCCC1(OC(F)F)C(=O)O. The van der Waals surface area contributed by atoms with Gasteiger partial charge in [-0.2, -0.15) is 8.78 Å². The van der Waals surface area contributed by atoms with Crippen molar-refractivity contribution in [2.75, 3.05) is 6.54 Å². The van der Waals surface area contributed by atoms with Crippen molar-refractivity contribution in [1.29, 1.82) is 0 Å². The van der Waals surface area contributed by atoms with E-state index in [4.69, 9.17) is 10.2 Å². The van der Waals surface area contributed by atoms with Crippen LogP contribution in [0.2, 0.25) is 0 Å². The lowest BCUT2D eigenvalue weighted by molar-refractivity contribution is -0.248. The van der Waals surface area contributed by atoms with Crippen molar-refractivity contribution < 1.29 is 33.3 Å². The first-order chi connectivity index (χ1) is 6.90. The summed E-state index contributed by atoms with van der Waals surface area (Å²) in [6.45, 7) is -3.46. The van der Waals surface area contributed by atoms with Crippen LogP contribution in [0.1, 0.15) is 12.8 Å². The summed E-state index contributed by atoms with van der Waals surface area (Å²) in [6.07, 6.45) is -1.69. The van der Waals surface area contributed by atoms with E-state index in [-0.39, 0.29) is 19.4 Å². The Bertz CT molecular complexity index is 285. The number of carboxylic acid groups (broad SMARTS) is 2. The molecule has 0 aliphatic carbocycles. The third kappa shape index (κ3) is 1.99. The first-order valence-corrected chi connectivity index (χ1v) is 4.10. The van der Waals surface area contributed by atoms with E-state index in [9.17, 15) is 18.4 Å². The van der Waals surface area contributed by atoms with E-state index in [2.05, 4.69) is 4.74 Å². The van der Waals surface area contributed by atoms with E-state index in [1.165, 1.54) is 0 Å². The molecule has 1 fully saturated rings. The maximum Gasteiger partial charge on any atom is 0.410 e. The maximum atomic E-state index is 12.0. The van der Waals surface area contributed by atoms with Crippen LogP contribution in [0.3, 0.4) is 0 Å². The molecule has 1 aliphatic heterocycles. The number of nitrogens with zero attached hydrogens (tertiary/aromatic N) is 1. The molecule has 1 aliphatic rings. The lowest BCUT2D eigenvalue weighted by atomic mass is 10.1. The van der Waals surface area contributed by atoms with E-state index >= 15 is 0 Å². The molecule has 1 atom stereocenters. The summed E-state index contributed by atoms with van der Waals surface area (Å²) >= 11 is 0. The van der Waals surface area contributed by atoms with Crippen LogP contribution < -0.4 is 0 Å². The number of hydrogen-bond donors (Lipinski definition) is 2. The molecule has 0 spiro atoms. The van der Waals surface area contributed by atoms with Gasteiger partial charge in [0.1, 0.15) is 0 Å². The smallest absolute Gasteiger partial charge is 0.410 e. The Morgan fingerprint density at radius 1 is 1.40 bits per heavy atom. The predicted octanol–water partition coefficient (Wildman–Crippen LogP) is 0.780. The van der Waals surface area contributed by atoms with Gasteiger partial charge in [-0.25, -0.2) is 9.59 Å². The van der Waals surface area contributed by atoms with Gasteiger partial charge in [0.15, 0.2) is 0 Å². The zero-order chi connectivity index (χ0) is 11.6. The molecule has 0 aromatic carbocycles. The number of aliphatic carboxylic acids is 1. The number of carboxylic acids is 1. The molecule has 0 radical (unpaired) electrons. The number of carbonyl (C=O) groups is 2. The average Bonchev–Trinajstić information content (AvgIpc) is 2.47. The summed E-state index contributed by atoms with van der Waals surface area (Å²) in [5.74, 6) is -1.72. The van der Waals surface area contributed by atoms with Crippen molar-refractivity contribution in [3.05, 3.63) is 0 Å². The van der Waals surface area contributed by atoms with Crippen LogP contribution in [0.5, 0.6) is 0 Å². The third-order valence-corrected chi connectivity index (χ3v) is 2.18. The van der Waals surface area contributed by atoms with Crippen molar-refractivity contribution >= 4 is 12.1 Å². The Morgan fingerprint density at radius 2 is 2.00 bits per heavy atom. The number of alkyl halides is 2. The number of amides is 1. The van der Waals surface area contributed by atoms with Gasteiger partial charge in [0.25, 0.3) is 0 Å². The molecule has 1 saturated heterocycles. The summed E-state index contributed by atoms with van der Waals surface area (Å²) in [4.78, 5) is 21.8. The van der Waals surface area contributed by atoms with Crippen LogP contribution in [0, 0.1) is 0 Å². The van der Waals surface area contributed by atoms with Crippen LogP contribution >= 0.6 is 0 Å². The molecule has 0 saturated carbocycles. The van der Waals surface area contributed by atoms with Crippen LogP contribution in [0.4, 0.5) is 13.6 Å². The molecule has 8 heteroatoms. The number of hydrogen-bond acceptors (Lipinski definition) is 3. The standard InChI is InChI=1S/C7H9F2NO5/c8-5(9)15-7(4(11)12)2-1-3-10(7)6(13)14/h5H,1-3H2,(H,11,12)(H,13,14). The van der Waals surface area contributed by atoms with Crippen LogP contribution in [-0.2, 0) is 9.53 Å². The third-order valence-electron chi connectivity index (χ3n) is 2.18. The molecule has 1 amide bonds. The lowest BCUT2D eigenvalue weighted by Crippen LogP contribution is -2.55. The topological polar surface area (TPSA) is 87.1 Å². The number of ether oxygens (including phenoxy) is 1. The lowest BCUT2D eigenvalue weighted by Gasteiger charge is -2.31. The Kier molecular flexibility index (Phi) is 3.08. The summed E-state index contributed by atoms with van der Waals surface area (Å²) in [7, 11) is 0. The highest BCUT2D eigenvalue weighted by molar-refractivity contribution is 5.83. The van der Waals surface area contributed by atoms with Gasteiger partial charge in [-0.1, -0.05) is 0 Å². The largest absolute Gasteiger partial charge is 0.478 e. The second kappa shape index (κ2) is 3.97. The molecule has 2 N–H and O–H groups in total. The van der Waals surface area contributed by atoms with E-state index in [0.29, 0.717) is 4.90 Å². The number of rotatable bonds is 3. The van der Waals surface area contributed by atoms with Gasteiger partial charge in [-0.3, -0.25) is 9.64 Å². The highest BCUT2D eigenvalue weighted by Crippen LogP contribution is 2.32. The molecular weight excluding hydrogens is 216 g/mol. The van der Waals surface area contributed by atoms with Crippen molar-refractivity contribution in [3.8, 4) is 0 Å². The molecule has 1 rings (SSSR count). The van der Waals surface area contributed by atoms with E-state index in [0.717, 1.165) is 0 Å². The van der Waals surface area contributed by atoms with Gasteiger partial charge in [0.2, 0.25) is 5.72 Å². The predicted molar refractivity (Wildman–Crippen MR) is 41.4 cm³/mol. The first-order valence-electron chi connectivity index (χ1n) is 4.10. The molecule has 0 aromatic heterocycles. The summed E-state index contributed by atoms with van der Waals surface area (Å²) in [5.41, 5.74) is -2.44. The molecule has 0 bridgehead atoms. The molecule has 86 valence electrons. The fourth-order valence-electron chi connectivity index (χ4n) is 1.59. The normalized spacial score (nSPS) is 25.9. The van der Waals surface area contributed by atoms with Gasteiger partial charge in [0.05, 0.1) is 0 Å². The second-order valence-corrected chi connectivity index (χ2v) is 3.01. The highest BCUT2D eigenvalue weighted by atomic mass is 19.3. The van der Waals surface area contributed by atoms with Crippen molar-refractivity contribution in [2.45, 2.75) is 25.2 Å². The zero-order valence-corrected chi connectivity index (χ0v) is 7.52. The van der Waals surface area contributed by atoms with E-state index in [1.54, 1.807) is 0 Å². The highest BCUT2D eigenvalue weighted by Gasteiger charge is 2.53. The van der Waals surface area contributed by atoms with Gasteiger partial charge >= 0.3 is 18.7 Å². The molecule has 1 heterocycles. The van der Waals surface area contributed by atoms with Gasteiger partial charge in [-0.05, 0) is 6.42 Å². The minimum atomic E-state index is -3.33. The molecule has 6 nitrogen and oxygen atoms in total. The quantitative estimate of drug-likeness (QED) is 0.741. The van der Waals surface area contributed by atoms with Crippen LogP contribution in [0.15, 0.2) is 0 Å². The molecule has 15 heavy (non-hydrogen) atoms. The molecule has 1 unspecified atom stereocenters. The zero-order valence-electron chi connectivity index (χ0n) is 7.52. The minimum absolute atomic E-state index is 0.131. The first kappa shape index (κ1) is 11.6. The summed E-state index contributed by atoms with van der Waals surface area (Å²) in [5, 5.41) is 17.4. The van der Waals surface area contributed by atoms with Crippen LogP contribution in [0.25, 0.3) is 0 Å². The Morgan fingerprint density at radius 3 is 2.40 bits per heavy atom. The summed E-state index contributed by atoms with van der Waals surface area (Å²) < 4.78 is 28.0. The minimum Gasteiger partial charge on any atom is -0.478 e.